The highest BCUT2D eigenvalue weighted by atomic mass is 32.2. The van der Waals surface area contributed by atoms with E-state index in [0.29, 0.717) is 30.0 Å². The zero-order valence-electron chi connectivity index (χ0n) is 15.8. The lowest BCUT2D eigenvalue weighted by Crippen LogP contribution is -2.13. The van der Waals surface area contributed by atoms with Gasteiger partial charge in [0, 0.05) is 5.69 Å². The SMILES string of the molecule is CCCCOC(=O)c1ccc(NS(=O)(=O)c2ccc(OC)c(CC)c2)cc1. The maximum absolute atomic E-state index is 12.6. The predicted molar refractivity (Wildman–Crippen MR) is 105 cm³/mol. The van der Waals surface area contributed by atoms with Gasteiger partial charge in [0.05, 0.1) is 24.2 Å². The van der Waals surface area contributed by atoms with Gasteiger partial charge in [0.25, 0.3) is 10.0 Å². The number of methoxy groups -OCH3 is 1. The van der Waals surface area contributed by atoms with Gasteiger partial charge in [-0.1, -0.05) is 20.3 Å². The van der Waals surface area contributed by atoms with E-state index >= 15 is 0 Å². The number of carbonyl (C=O) groups is 1. The second-order valence-electron chi connectivity index (χ2n) is 6.00. The summed E-state index contributed by atoms with van der Waals surface area (Å²) in [5.74, 6) is 0.239. The van der Waals surface area contributed by atoms with Crippen molar-refractivity contribution in [2.45, 2.75) is 38.0 Å². The summed E-state index contributed by atoms with van der Waals surface area (Å²) in [7, 11) is -2.19. The number of carbonyl (C=O) groups excluding carboxylic acids is 1. The molecule has 27 heavy (non-hydrogen) atoms. The highest BCUT2D eigenvalue weighted by molar-refractivity contribution is 7.92. The third-order valence-corrected chi connectivity index (χ3v) is 5.43. The van der Waals surface area contributed by atoms with Gasteiger partial charge in [0.2, 0.25) is 0 Å². The van der Waals surface area contributed by atoms with Crippen molar-refractivity contribution >= 4 is 21.7 Å². The van der Waals surface area contributed by atoms with Crippen LogP contribution in [0.5, 0.6) is 5.75 Å². The molecule has 2 rings (SSSR count). The molecule has 0 amide bonds. The van der Waals surface area contributed by atoms with E-state index in [9.17, 15) is 13.2 Å². The van der Waals surface area contributed by atoms with Crippen molar-refractivity contribution < 1.29 is 22.7 Å². The summed E-state index contributed by atoms with van der Waals surface area (Å²) in [6, 6.07) is 10.9. The number of unbranched alkanes of at least 4 members (excludes halogenated alkanes) is 1. The van der Waals surface area contributed by atoms with Gasteiger partial charge < -0.3 is 9.47 Å². The summed E-state index contributed by atoms with van der Waals surface area (Å²) in [6.45, 7) is 4.32. The van der Waals surface area contributed by atoms with Crippen molar-refractivity contribution in [2.75, 3.05) is 18.4 Å². The molecule has 0 aliphatic heterocycles. The first kappa shape index (κ1) is 20.8. The first-order valence-corrected chi connectivity index (χ1v) is 10.4. The van der Waals surface area contributed by atoms with Crippen LogP contribution >= 0.6 is 0 Å². The molecule has 0 atom stereocenters. The van der Waals surface area contributed by atoms with Crippen molar-refractivity contribution in [3.63, 3.8) is 0 Å². The van der Waals surface area contributed by atoms with Crippen LogP contribution in [0.1, 0.15) is 42.6 Å². The summed E-state index contributed by atoms with van der Waals surface area (Å²) in [4.78, 5) is 12.1. The van der Waals surface area contributed by atoms with E-state index in [1.807, 2.05) is 13.8 Å². The molecule has 0 spiro atoms. The Morgan fingerprint density at radius 3 is 2.37 bits per heavy atom. The number of nitrogens with one attached hydrogen (secondary N) is 1. The first-order chi connectivity index (χ1) is 12.9. The minimum absolute atomic E-state index is 0.156. The molecule has 146 valence electrons. The molecule has 0 aliphatic carbocycles. The molecule has 1 N–H and O–H groups in total. The van der Waals surface area contributed by atoms with E-state index in [1.54, 1.807) is 19.2 Å². The van der Waals surface area contributed by atoms with Crippen LogP contribution in [0.2, 0.25) is 0 Å². The maximum atomic E-state index is 12.6. The zero-order chi connectivity index (χ0) is 19.9. The molecule has 0 radical (unpaired) electrons. The number of ether oxygens (including phenoxy) is 2. The van der Waals surface area contributed by atoms with E-state index in [0.717, 1.165) is 18.4 Å². The van der Waals surface area contributed by atoms with Crippen LogP contribution in [-0.2, 0) is 21.2 Å². The maximum Gasteiger partial charge on any atom is 0.338 e. The third kappa shape index (κ3) is 5.47. The van der Waals surface area contributed by atoms with E-state index in [1.165, 1.54) is 30.3 Å². The van der Waals surface area contributed by atoms with Crippen LogP contribution in [-0.4, -0.2) is 28.1 Å². The fraction of sp³-hybridized carbons (Fsp3) is 0.350. The molecule has 0 saturated heterocycles. The second kappa shape index (κ2) is 9.41. The lowest BCUT2D eigenvalue weighted by molar-refractivity contribution is 0.0500. The predicted octanol–water partition coefficient (Wildman–Crippen LogP) is 4.02. The second-order valence-corrected chi connectivity index (χ2v) is 7.68. The lowest BCUT2D eigenvalue weighted by atomic mass is 10.1. The minimum Gasteiger partial charge on any atom is -0.496 e. The Bertz CT molecular complexity index is 876. The number of aryl methyl sites for hydroxylation is 1. The Morgan fingerprint density at radius 2 is 1.78 bits per heavy atom. The van der Waals surface area contributed by atoms with Gasteiger partial charge in [0.1, 0.15) is 5.75 Å². The van der Waals surface area contributed by atoms with Crippen molar-refractivity contribution in [3.8, 4) is 5.75 Å². The summed E-state index contributed by atoms with van der Waals surface area (Å²) in [5, 5.41) is 0. The summed E-state index contributed by atoms with van der Waals surface area (Å²) in [5.41, 5.74) is 1.56. The molecule has 0 aromatic heterocycles. The zero-order valence-corrected chi connectivity index (χ0v) is 16.6. The number of hydrogen-bond donors (Lipinski definition) is 1. The van der Waals surface area contributed by atoms with Gasteiger partial charge in [-0.2, -0.15) is 0 Å². The lowest BCUT2D eigenvalue weighted by Gasteiger charge is -2.12. The smallest absolute Gasteiger partial charge is 0.338 e. The summed E-state index contributed by atoms with van der Waals surface area (Å²) < 4.78 is 38.1. The van der Waals surface area contributed by atoms with Crippen LogP contribution in [0.25, 0.3) is 0 Å². The van der Waals surface area contributed by atoms with Crippen LogP contribution in [0, 0.1) is 0 Å². The molecule has 2 aromatic rings. The number of hydrogen-bond acceptors (Lipinski definition) is 5. The van der Waals surface area contributed by atoms with E-state index < -0.39 is 16.0 Å². The number of benzene rings is 2. The average Bonchev–Trinajstić information content (AvgIpc) is 2.67. The van der Waals surface area contributed by atoms with Crippen molar-refractivity contribution in [3.05, 3.63) is 53.6 Å². The van der Waals surface area contributed by atoms with Gasteiger partial charge in [-0.15, -0.1) is 0 Å². The minimum atomic E-state index is -3.74. The number of anilines is 1. The van der Waals surface area contributed by atoms with Crippen LogP contribution < -0.4 is 9.46 Å². The number of esters is 1. The molecular formula is C20H25NO5S. The Morgan fingerprint density at radius 1 is 1.07 bits per heavy atom. The molecule has 0 bridgehead atoms. The number of rotatable bonds is 9. The van der Waals surface area contributed by atoms with Gasteiger partial charge in [0.15, 0.2) is 0 Å². The Labute approximate surface area is 160 Å². The summed E-state index contributed by atoms with van der Waals surface area (Å²) in [6.07, 6.45) is 2.41. The molecule has 0 fully saturated rings. The Hall–Kier alpha value is -2.54. The highest BCUT2D eigenvalue weighted by Gasteiger charge is 2.17. The molecular weight excluding hydrogens is 366 g/mol. The number of sulfonamides is 1. The van der Waals surface area contributed by atoms with E-state index in [-0.39, 0.29) is 4.90 Å². The Balaban J connectivity index is 2.12. The first-order valence-electron chi connectivity index (χ1n) is 8.88. The molecule has 0 heterocycles. The van der Waals surface area contributed by atoms with Crippen LogP contribution in [0.15, 0.2) is 47.4 Å². The van der Waals surface area contributed by atoms with Gasteiger partial charge in [-0.05, 0) is 60.9 Å². The van der Waals surface area contributed by atoms with Crippen molar-refractivity contribution in [1.82, 2.24) is 0 Å². The van der Waals surface area contributed by atoms with E-state index in [2.05, 4.69) is 4.72 Å². The fourth-order valence-electron chi connectivity index (χ4n) is 2.48. The topological polar surface area (TPSA) is 81.7 Å². The largest absolute Gasteiger partial charge is 0.496 e. The molecule has 0 unspecified atom stereocenters. The van der Waals surface area contributed by atoms with Crippen molar-refractivity contribution in [1.29, 1.82) is 0 Å². The monoisotopic (exact) mass is 391 g/mol. The van der Waals surface area contributed by atoms with Gasteiger partial charge in [-0.25, -0.2) is 13.2 Å². The average molecular weight is 391 g/mol. The third-order valence-electron chi connectivity index (χ3n) is 4.05. The molecule has 7 heteroatoms. The summed E-state index contributed by atoms with van der Waals surface area (Å²) >= 11 is 0. The van der Waals surface area contributed by atoms with Gasteiger partial charge >= 0.3 is 5.97 Å². The van der Waals surface area contributed by atoms with Gasteiger partial charge in [-0.3, -0.25) is 4.72 Å². The van der Waals surface area contributed by atoms with Crippen LogP contribution in [0.4, 0.5) is 5.69 Å². The molecule has 2 aromatic carbocycles. The molecule has 0 aliphatic rings. The molecule has 0 saturated carbocycles. The molecule has 6 nitrogen and oxygen atoms in total. The van der Waals surface area contributed by atoms with Crippen molar-refractivity contribution in [2.24, 2.45) is 0 Å². The Kier molecular flexibility index (Phi) is 7.24. The van der Waals surface area contributed by atoms with E-state index in [4.69, 9.17) is 9.47 Å². The standard InChI is InChI=1S/C20H25NO5S/c1-4-6-13-26-20(22)16-7-9-17(10-8-16)21-27(23,24)18-11-12-19(25-3)15(5-2)14-18/h7-12,14,21H,4-6,13H2,1-3H3. The normalized spacial score (nSPS) is 11.1. The quantitative estimate of drug-likeness (QED) is 0.516. The van der Waals surface area contributed by atoms with Crippen LogP contribution in [0.3, 0.4) is 0 Å². The fourth-order valence-corrected chi connectivity index (χ4v) is 3.59. The highest BCUT2D eigenvalue weighted by Crippen LogP contribution is 2.24.